The third kappa shape index (κ3) is 2.62. The molecule has 7 heteroatoms. The molecule has 1 saturated heterocycles. The van der Waals surface area contributed by atoms with Crippen LogP contribution in [0.4, 0.5) is 0 Å². The molecule has 1 aliphatic rings. The van der Waals surface area contributed by atoms with E-state index in [2.05, 4.69) is 10.2 Å². The Morgan fingerprint density at radius 3 is 2.94 bits per heavy atom. The van der Waals surface area contributed by atoms with Crippen LogP contribution in [0.2, 0.25) is 0 Å². The second-order valence-corrected chi connectivity index (χ2v) is 4.43. The quantitative estimate of drug-likeness (QED) is 0.626. The highest BCUT2D eigenvalue weighted by molar-refractivity contribution is 5.79. The number of aromatic amines is 2. The summed E-state index contributed by atoms with van der Waals surface area (Å²) in [5.41, 5.74) is 6.50. The summed E-state index contributed by atoms with van der Waals surface area (Å²) in [5, 5.41) is 5.18. The fraction of sp³-hybridized carbons (Fsp3) is 0.636. The van der Waals surface area contributed by atoms with Gasteiger partial charge in [-0.25, -0.2) is 0 Å². The van der Waals surface area contributed by atoms with Crippen LogP contribution in [-0.4, -0.2) is 53.3 Å². The Balaban J connectivity index is 2.02. The first kappa shape index (κ1) is 12.8. The van der Waals surface area contributed by atoms with Gasteiger partial charge in [0.15, 0.2) is 0 Å². The third-order valence-corrected chi connectivity index (χ3v) is 3.17. The van der Waals surface area contributed by atoms with Crippen molar-refractivity contribution >= 4 is 5.91 Å². The Bertz CT molecular complexity index is 479. The molecule has 0 spiro atoms. The number of morpholine rings is 1. The van der Waals surface area contributed by atoms with Crippen LogP contribution in [0.5, 0.6) is 0 Å². The number of amides is 1. The summed E-state index contributed by atoms with van der Waals surface area (Å²) in [7, 11) is 0. The molecule has 100 valence electrons. The summed E-state index contributed by atoms with van der Waals surface area (Å²) in [6.45, 7) is 3.71. The number of aromatic nitrogens is 2. The maximum absolute atomic E-state index is 12.1. The highest BCUT2D eigenvalue weighted by Gasteiger charge is 2.24. The van der Waals surface area contributed by atoms with E-state index in [1.165, 1.54) is 0 Å². The summed E-state index contributed by atoms with van der Waals surface area (Å²) < 4.78 is 5.40. The van der Waals surface area contributed by atoms with E-state index < -0.39 is 0 Å². The minimum absolute atomic E-state index is 0.0649. The number of hydrogen-bond acceptors (Lipinski definition) is 4. The van der Waals surface area contributed by atoms with Gasteiger partial charge < -0.3 is 20.5 Å². The molecule has 1 aromatic heterocycles. The molecule has 0 saturated carbocycles. The van der Waals surface area contributed by atoms with Gasteiger partial charge in [0.2, 0.25) is 5.91 Å². The van der Waals surface area contributed by atoms with Gasteiger partial charge in [-0.2, -0.15) is 0 Å². The zero-order valence-corrected chi connectivity index (χ0v) is 10.4. The topological polar surface area (TPSA) is 104 Å². The minimum atomic E-state index is -0.232. The number of H-pyrrole nitrogens is 2. The van der Waals surface area contributed by atoms with Crippen molar-refractivity contribution in [3.8, 4) is 0 Å². The molecule has 1 fully saturated rings. The van der Waals surface area contributed by atoms with Crippen LogP contribution < -0.4 is 11.3 Å². The van der Waals surface area contributed by atoms with Crippen LogP contribution in [-0.2, 0) is 16.0 Å². The van der Waals surface area contributed by atoms with Crippen molar-refractivity contribution in [1.82, 2.24) is 15.1 Å². The van der Waals surface area contributed by atoms with Crippen LogP contribution in [0.25, 0.3) is 0 Å². The number of aryl methyl sites for hydroxylation is 1. The molecule has 18 heavy (non-hydrogen) atoms. The van der Waals surface area contributed by atoms with Gasteiger partial charge in [0, 0.05) is 30.9 Å². The monoisotopic (exact) mass is 254 g/mol. The molecule has 1 amide bonds. The number of nitrogens with one attached hydrogen (secondary N) is 2. The number of ether oxygens (including phenoxy) is 1. The van der Waals surface area contributed by atoms with Gasteiger partial charge in [0.25, 0.3) is 5.56 Å². The lowest BCUT2D eigenvalue weighted by Crippen LogP contribution is -2.48. The van der Waals surface area contributed by atoms with Gasteiger partial charge in [-0.3, -0.25) is 14.7 Å². The van der Waals surface area contributed by atoms with Gasteiger partial charge in [-0.1, -0.05) is 0 Å². The zero-order chi connectivity index (χ0) is 13.1. The van der Waals surface area contributed by atoms with Gasteiger partial charge in [-0.05, 0) is 6.92 Å². The normalized spacial score (nSPS) is 20.1. The van der Waals surface area contributed by atoms with E-state index in [0.717, 1.165) is 0 Å². The van der Waals surface area contributed by atoms with E-state index in [1.807, 2.05) is 0 Å². The van der Waals surface area contributed by atoms with Gasteiger partial charge in [0.1, 0.15) is 0 Å². The Morgan fingerprint density at radius 1 is 1.56 bits per heavy atom. The molecule has 2 rings (SSSR count). The van der Waals surface area contributed by atoms with E-state index in [0.29, 0.717) is 37.5 Å². The number of nitrogens with two attached hydrogens (primary N) is 1. The van der Waals surface area contributed by atoms with Crippen molar-refractivity contribution in [3.63, 3.8) is 0 Å². The Labute approximate surface area is 104 Å². The summed E-state index contributed by atoms with van der Waals surface area (Å²) >= 11 is 0. The Morgan fingerprint density at radius 2 is 2.33 bits per heavy atom. The largest absolute Gasteiger partial charge is 0.373 e. The summed E-state index contributed by atoms with van der Waals surface area (Å²) in [4.78, 5) is 25.3. The predicted octanol–water partition coefficient (Wildman–Crippen LogP) is -1.26. The number of nitrogens with zero attached hydrogens (tertiary/aromatic N) is 1. The van der Waals surface area contributed by atoms with Crippen LogP contribution >= 0.6 is 0 Å². The summed E-state index contributed by atoms with van der Waals surface area (Å²) in [6, 6.07) is 0. The molecule has 1 atom stereocenters. The molecule has 7 nitrogen and oxygen atoms in total. The lowest BCUT2D eigenvalue weighted by atomic mass is 10.1. The van der Waals surface area contributed by atoms with Gasteiger partial charge in [0.05, 0.1) is 19.1 Å². The maximum atomic E-state index is 12.1. The fourth-order valence-electron chi connectivity index (χ4n) is 2.04. The average molecular weight is 254 g/mol. The molecule has 1 aromatic rings. The molecule has 1 aliphatic heterocycles. The van der Waals surface area contributed by atoms with E-state index >= 15 is 0 Å². The smallest absolute Gasteiger partial charge is 0.267 e. The van der Waals surface area contributed by atoms with Crippen molar-refractivity contribution in [2.45, 2.75) is 19.4 Å². The van der Waals surface area contributed by atoms with Gasteiger partial charge >= 0.3 is 0 Å². The highest BCUT2D eigenvalue weighted by Crippen LogP contribution is 2.07. The molecular formula is C11H18N4O3. The molecule has 0 aromatic carbocycles. The SMILES string of the molecule is Cc1[nH][nH]c(=O)c1CC(=O)N1CCOC(CN)C1. The lowest BCUT2D eigenvalue weighted by molar-refractivity contribution is -0.137. The van der Waals surface area contributed by atoms with E-state index in [4.69, 9.17) is 10.5 Å². The van der Waals surface area contributed by atoms with Crippen molar-refractivity contribution in [2.24, 2.45) is 5.73 Å². The average Bonchev–Trinajstić information content (AvgIpc) is 2.70. The first-order valence-corrected chi connectivity index (χ1v) is 5.97. The predicted molar refractivity (Wildman–Crippen MR) is 65.2 cm³/mol. The zero-order valence-electron chi connectivity index (χ0n) is 10.4. The Kier molecular flexibility index (Phi) is 3.83. The number of rotatable bonds is 3. The molecule has 0 bridgehead atoms. The second kappa shape index (κ2) is 5.36. The fourth-order valence-corrected chi connectivity index (χ4v) is 2.04. The van der Waals surface area contributed by atoms with E-state index in [-0.39, 0.29) is 24.0 Å². The minimum Gasteiger partial charge on any atom is -0.373 e. The first-order chi connectivity index (χ1) is 8.61. The van der Waals surface area contributed by atoms with E-state index in [9.17, 15) is 9.59 Å². The molecule has 1 unspecified atom stereocenters. The molecular weight excluding hydrogens is 236 g/mol. The van der Waals surface area contributed by atoms with E-state index in [1.54, 1.807) is 11.8 Å². The Hall–Kier alpha value is -1.60. The van der Waals surface area contributed by atoms with Crippen molar-refractivity contribution in [3.05, 3.63) is 21.6 Å². The summed E-state index contributed by atoms with van der Waals surface area (Å²) in [5.74, 6) is -0.0649. The van der Waals surface area contributed by atoms with Crippen molar-refractivity contribution < 1.29 is 9.53 Å². The van der Waals surface area contributed by atoms with Crippen LogP contribution in [0.15, 0.2) is 4.79 Å². The number of carbonyl (C=O) groups is 1. The maximum Gasteiger partial charge on any atom is 0.267 e. The third-order valence-electron chi connectivity index (χ3n) is 3.17. The molecule has 0 radical (unpaired) electrons. The molecule has 4 N–H and O–H groups in total. The number of carbonyl (C=O) groups excluding carboxylic acids is 1. The molecule has 0 aliphatic carbocycles. The number of hydrogen-bond donors (Lipinski definition) is 3. The van der Waals surface area contributed by atoms with Crippen LogP contribution in [0.1, 0.15) is 11.3 Å². The van der Waals surface area contributed by atoms with Gasteiger partial charge in [-0.15, -0.1) is 0 Å². The lowest BCUT2D eigenvalue weighted by Gasteiger charge is -2.32. The van der Waals surface area contributed by atoms with Crippen molar-refractivity contribution in [1.29, 1.82) is 0 Å². The van der Waals surface area contributed by atoms with Crippen LogP contribution in [0.3, 0.4) is 0 Å². The highest BCUT2D eigenvalue weighted by atomic mass is 16.5. The standard InChI is InChI=1S/C11H18N4O3/c1-7-9(11(17)14-13-7)4-10(16)15-2-3-18-8(5-12)6-15/h8H,2-6,12H2,1H3,(H2,13,14,17). The first-order valence-electron chi connectivity index (χ1n) is 5.97. The molecule has 2 heterocycles. The second-order valence-electron chi connectivity index (χ2n) is 4.43. The van der Waals surface area contributed by atoms with Crippen LogP contribution in [0, 0.1) is 6.92 Å². The summed E-state index contributed by atoms with van der Waals surface area (Å²) in [6.07, 6.45) is 0.00963. The van der Waals surface area contributed by atoms with Crippen molar-refractivity contribution in [2.75, 3.05) is 26.2 Å².